The number of methoxy groups -OCH3 is 2. The fraction of sp³-hybridized carbons (Fsp3) is 0.417. The van der Waals surface area contributed by atoms with Gasteiger partial charge in [-0.3, -0.25) is 0 Å². The van der Waals surface area contributed by atoms with Gasteiger partial charge < -0.3 is 23.7 Å². The lowest BCUT2D eigenvalue weighted by Gasteiger charge is -2.23. The van der Waals surface area contributed by atoms with Gasteiger partial charge in [-0.15, -0.1) is 0 Å². The molecule has 1 heterocycles. The summed E-state index contributed by atoms with van der Waals surface area (Å²) in [5.74, 6) is 0.840. The third-order valence-electron chi connectivity index (χ3n) is 5.42. The first-order valence-electron chi connectivity index (χ1n) is 10.3. The average Bonchev–Trinajstić information content (AvgIpc) is 3.46. The predicted molar refractivity (Wildman–Crippen MR) is 112 cm³/mol. The molecule has 0 amide bonds. The molecule has 1 saturated carbocycles. The molecule has 4 rings (SSSR count). The van der Waals surface area contributed by atoms with Gasteiger partial charge in [-0.2, -0.15) is 0 Å². The van der Waals surface area contributed by atoms with E-state index >= 15 is 0 Å². The summed E-state index contributed by atoms with van der Waals surface area (Å²) >= 11 is 0. The van der Waals surface area contributed by atoms with E-state index in [0.717, 1.165) is 16.7 Å². The van der Waals surface area contributed by atoms with Crippen molar-refractivity contribution in [2.45, 2.75) is 38.9 Å². The standard InChI is InChI=1S/C24H26O7/c1-14(2)12-30-23(26)24(9-10-24)31-20-17(7-8-19(27-3)21(20)28-4)15-5-6-18-16(11-15)13-29-22(18)25/h5-8,11,14H,9-10,12-13H2,1-4H3. The Hall–Kier alpha value is -3.22. The second-order valence-corrected chi connectivity index (χ2v) is 8.21. The first kappa shape index (κ1) is 21.0. The van der Waals surface area contributed by atoms with Gasteiger partial charge in [0.1, 0.15) is 6.61 Å². The van der Waals surface area contributed by atoms with Crippen molar-refractivity contribution in [1.82, 2.24) is 0 Å². The van der Waals surface area contributed by atoms with E-state index in [2.05, 4.69) is 0 Å². The summed E-state index contributed by atoms with van der Waals surface area (Å²) in [5, 5.41) is 0. The number of carbonyl (C=O) groups excluding carboxylic acids is 2. The Balaban J connectivity index is 1.74. The molecular formula is C24H26O7. The molecule has 0 saturated heterocycles. The molecule has 2 aromatic rings. The maximum absolute atomic E-state index is 12.8. The minimum atomic E-state index is -1.03. The zero-order valence-electron chi connectivity index (χ0n) is 18.2. The number of hydrogen-bond donors (Lipinski definition) is 0. The molecule has 0 N–H and O–H groups in total. The molecule has 2 aromatic carbocycles. The highest BCUT2D eigenvalue weighted by atomic mass is 16.6. The monoisotopic (exact) mass is 426 g/mol. The number of fused-ring (bicyclic) bond motifs is 1. The summed E-state index contributed by atoms with van der Waals surface area (Å²) < 4.78 is 28.0. The van der Waals surface area contributed by atoms with Crippen molar-refractivity contribution in [1.29, 1.82) is 0 Å². The van der Waals surface area contributed by atoms with Crippen molar-refractivity contribution < 1.29 is 33.3 Å². The van der Waals surface area contributed by atoms with Crippen LogP contribution in [-0.2, 0) is 20.9 Å². The van der Waals surface area contributed by atoms with Crippen LogP contribution in [0, 0.1) is 5.92 Å². The highest BCUT2D eigenvalue weighted by Crippen LogP contribution is 2.51. The molecule has 1 aliphatic heterocycles. The third kappa shape index (κ3) is 3.92. The lowest BCUT2D eigenvalue weighted by molar-refractivity contribution is -0.155. The maximum atomic E-state index is 12.8. The number of rotatable bonds is 8. The normalized spacial score (nSPS) is 15.8. The van der Waals surface area contributed by atoms with Gasteiger partial charge in [0.05, 0.1) is 26.4 Å². The topological polar surface area (TPSA) is 80.3 Å². The quantitative estimate of drug-likeness (QED) is 0.587. The van der Waals surface area contributed by atoms with E-state index in [-0.39, 0.29) is 24.5 Å². The van der Waals surface area contributed by atoms with Crippen LogP contribution in [0.25, 0.3) is 11.1 Å². The van der Waals surface area contributed by atoms with Crippen LogP contribution in [0.5, 0.6) is 17.2 Å². The van der Waals surface area contributed by atoms with Crippen molar-refractivity contribution >= 4 is 11.9 Å². The smallest absolute Gasteiger partial charge is 0.350 e. The predicted octanol–water partition coefficient (Wildman–Crippen LogP) is 4.15. The van der Waals surface area contributed by atoms with E-state index in [1.54, 1.807) is 19.2 Å². The Morgan fingerprint density at radius 2 is 1.81 bits per heavy atom. The first-order valence-corrected chi connectivity index (χ1v) is 10.3. The van der Waals surface area contributed by atoms with E-state index in [4.69, 9.17) is 23.7 Å². The third-order valence-corrected chi connectivity index (χ3v) is 5.42. The molecular weight excluding hydrogens is 400 g/mol. The Morgan fingerprint density at radius 1 is 1.06 bits per heavy atom. The summed E-state index contributed by atoms with van der Waals surface area (Å²) in [4.78, 5) is 24.6. The van der Waals surface area contributed by atoms with E-state index < -0.39 is 5.60 Å². The molecule has 0 atom stereocenters. The maximum Gasteiger partial charge on any atom is 0.350 e. The molecule has 0 radical (unpaired) electrons. The van der Waals surface area contributed by atoms with Crippen molar-refractivity contribution in [2.24, 2.45) is 5.92 Å². The van der Waals surface area contributed by atoms with Crippen molar-refractivity contribution in [3.63, 3.8) is 0 Å². The lowest BCUT2D eigenvalue weighted by atomic mass is 9.99. The van der Waals surface area contributed by atoms with Gasteiger partial charge in [0, 0.05) is 24.0 Å². The number of benzene rings is 2. The molecule has 0 spiro atoms. The largest absolute Gasteiger partial charge is 0.493 e. The molecule has 164 valence electrons. The van der Waals surface area contributed by atoms with Gasteiger partial charge in [0.15, 0.2) is 11.5 Å². The molecule has 7 nitrogen and oxygen atoms in total. The summed E-state index contributed by atoms with van der Waals surface area (Å²) in [5.41, 5.74) is 1.88. The van der Waals surface area contributed by atoms with Crippen LogP contribution in [0.1, 0.15) is 42.6 Å². The molecule has 0 unspecified atom stereocenters. The number of cyclic esters (lactones) is 1. The molecule has 1 aliphatic carbocycles. The van der Waals surface area contributed by atoms with Crippen LogP contribution < -0.4 is 14.2 Å². The van der Waals surface area contributed by atoms with Crippen LogP contribution in [-0.4, -0.2) is 38.4 Å². The van der Waals surface area contributed by atoms with Crippen molar-refractivity contribution in [3.05, 3.63) is 41.5 Å². The lowest BCUT2D eigenvalue weighted by Crippen LogP contribution is -2.32. The summed E-state index contributed by atoms with van der Waals surface area (Å²) in [6.45, 7) is 4.54. The minimum absolute atomic E-state index is 0.233. The van der Waals surface area contributed by atoms with E-state index in [9.17, 15) is 9.59 Å². The molecule has 2 aliphatic rings. The Bertz CT molecular complexity index is 1020. The van der Waals surface area contributed by atoms with E-state index in [1.165, 1.54) is 7.11 Å². The average molecular weight is 426 g/mol. The molecule has 31 heavy (non-hydrogen) atoms. The summed E-state index contributed by atoms with van der Waals surface area (Å²) in [6, 6.07) is 9.10. The fourth-order valence-corrected chi connectivity index (χ4v) is 3.56. The Labute approximate surface area is 181 Å². The van der Waals surface area contributed by atoms with Gasteiger partial charge in [-0.1, -0.05) is 19.9 Å². The van der Waals surface area contributed by atoms with E-state index in [1.807, 2.05) is 32.0 Å². The van der Waals surface area contributed by atoms with Crippen molar-refractivity contribution in [3.8, 4) is 28.4 Å². The number of esters is 2. The van der Waals surface area contributed by atoms with Gasteiger partial charge in [0.2, 0.25) is 11.4 Å². The second kappa shape index (κ2) is 8.13. The summed E-state index contributed by atoms with van der Waals surface area (Å²) in [6.07, 6.45) is 1.13. The summed E-state index contributed by atoms with van der Waals surface area (Å²) in [7, 11) is 3.07. The van der Waals surface area contributed by atoms with Gasteiger partial charge in [0.25, 0.3) is 0 Å². The van der Waals surface area contributed by atoms with E-state index in [0.29, 0.717) is 42.3 Å². The fourth-order valence-electron chi connectivity index (χ4n) is 3.56. The van der Waals surface area contributed by atoms with Gasteiger partial charge in [-0.05, 0) is 35.7 Å². The van der Waals surface area contributed by atoms with Crippen LogP contribution in [0.3, 0.4) is 0 Å². The van der Waals surface area contributed by atoms with Crippen LogP contribution in [0.2, 0.25) is 0 Å². The molecule has 7 heteroatoms. The van der Waals surface area contributed by atoms with Crippen LogP contribution in [0.15, 0.2) is 30.3 Å². The second-order valence-electron chi connectivity index (χ2n) is 8.21. The molecule has 1 fully saturated rings. The first-order chi connectivity index (χ1) is 14.9. The number of hydrogen-bond acceptors (Lipinski definition) is 7. The Morgan fingerprint density at radius 3 is 2.45 bits per heavy atom. The van der Waals surface area contributed by atoms with Gasteiger partial charge in [-0.25, -0.2) is 9.59 Å². The zero-order valence-corrected chi connectivity index (χ0v) is 18.2. The SMILES string of the molecule is COc1ccc(-c2ccc3c(c2)COC3=O)c(OC2(C(=O)OCC(C)C)CC2)c1OC. The minimum Gasteiger partial charge on any atom is -0.493 e. The number of carbonyl (C=O) groups is 2. The highest BCUT2D eigenvalue weighted by Gasteiger charge is 2.55. The number of ether oxygens (including phenoxy) is 5. The highest BCUT2D eigenvalue weighted by molar-refractivity contribution is 5.94. The molecule has 0 bridgehead atoms. The van der Waals surface area contributed by atoms with Crippen molar-refractivity contribution in [2.75, 3.05) is 20.8 Å². The van der Waals surface area contributed by atoms with Crippen LogP contribution >= 0.6 is 0 Å². The Kier molecular flexibility index (Phi) is 5.52. The van der Waals surface area contributed by atoms with Crippen LogP contribution in [0.4, 0.5) is 0 Å². The van der Waals surface area contributed by atoms with Gasteiger partial charge >= 0.3 is 11.9 Å². The molecule has 0 aromatic heterocycles. The zero-order chi connectivity index (χ0) is 22.2.